The van der Waals surface area contributed by atoms with Crippen molar-refractivity contribution in [1.29, 1.82) is 0 Å². The fourth-order valence-corrected chi connectivity index (χ4v) is 2.61. The average molecular weight is 346 g/mol. The lowest BCUT2D eigenvalue weighted by molar-refractivity contribution is -0.122. The maximum absolute atomic E-state index is 13.3. The van der Waals surface area contributed by atoms with Gasteiger partial charge in [-0.15, -0.1) is 0 Å². The number of nitrogens with one attached hydrogen (secondary N) is 1. The molecule has 0 aromatic heterocycles. The van der Waals surface area contributed by atoms with Gasteiger partial charge in [-0.2, -0.15) is 0 Å². The predicted octanol–water partition coefficient (Wildman–Crippen LogP) is 3.71. The van der Waals surface area contributed by atoms with Gasteiger partial charge in [0.25, 0.3) is 0 Å². The molecular weight excluding hydrogens is 322 g/mol. The fourth-order valence-electron chi connectivity index (χ4n) is 2.61. The molecule has 0 aliphatic heterocycles. The lowest BCUT2D eigenvalue weighted by Crippen LogP contribution is -2.36. The first kappa shape index (κ1) is 19.1. The second-order valence-electron chi connectivity index (χ2n) is 6.20. The molecule has 0 fully saturated rings. The molecule has 134 valence electrons. The molecule has 2 aromatic rings. The summed E-state index contributed by atoms with van der Waals surface area (Å²) in [6.07, 6.45) is 1.79. The van der Waals surface area contributed by atoms with E-state index in [2.05, 4.69) is 17.4 Å². The van der Waals surface area contributed by atoms with E-state index in [4.69, 9.17) is 0 Å². The van der Waals surface area contributed by atoms with Gasteiger partial charge >= 0.3 is 0 Å². The number of aryl methyl sites for hydroxylation is 1. The Labute approximate surface area is 147 Å². The van der Waals surface area contributed by atoms with Gasteiger partial charge in [0.2, 0.25) is 5.91 Å². The van der Waals surface area contributed by atoms with Crippen molar-refractivity contribution in [3.05, 3.63) is 71.3 Å². The van der Waals surface area contributed by atoms with Crippen molar-refractivity contribution in [2.45, 2.75) is 25.8 Å². The van der Waals surface area contributed by atoms with Crippen molar-refractivity contribution < 1.29 is 13.6 Å². The van der Waals surface area contributed by atoms with Crippen LogP contribution in [0.4, 0.5) is 8.78 Å². The number of carbonyl (C=O) groups excluding carboxylic acids is 1. The minimum absolute atomic E-state index is 0.0787. The van der Waals surface area contributed by atoms with Crippen LogP contribution in [0, 0.1) is 11.6 Å². The van der Waals surface area contributed by atoms with Gasteiger partial charge in [-0.1, -0.05) is 36.4 Å². The van der Waals surface area contributed by atoms with Crippen molar-refractivity contribution in [3.8, 4) is 0 Å². The smallest absolute Gasteiger partial charge is 0.234 e. The van der Waals surface area contributed by atoms with Gasteiger partial charge in [-0.05, 0) is 50.1 Å². The van der Waals surface area contributed by atoms with Crippen molar-refractivity contribution in [2.24, 2.45) is 0 Å². The molecule has 1 amide bonds. The molecule has 3 nitrogen and oxygen atoms in total. The van der Waals surface area contributed by atoms with E-state index < -0.39 is 11.6 Å². The maximum atomic E-state index is 13.3. The Morgan fingerprint density at radius 2 is 1.84 bits per heavy atom. The summed E-state index contributed by atoms with van der Waals surface area (Å²) >= 11 is 0. The van der Waals surface area contributed by atoms with Gasteiger partial charge in [0.1, 0.15) is 0 Å². The Hall–Kier alpha value is -2.27. The van der Waals surface area contributed by atoms with Gasteiger partial charge in [0.15, 0.2) is 11.6 Å². The second kappa shape index (κ2) is 9.28. The number of amides is 1. The van der Waals surface area contributed by atoms with Crippen LogP contribution in [0.5, 0.6) is 0 Å². The SMILES string of the molecule is CC(c1ccc(F)c(F)c1)N(C)CC(=O)NCCCc1ccccc1. The summed E-state index contributed by atoms with van der Waals surface area (Å²) in [6, 6.07) is 13.8. The summed E-state index contributed by atoms with van der Waals surface area (Å²) in [5, 5.41) is 2.90. The highest BCUT2D eigenvalue weighted by Crippen LogP contribution is 2.20. The molecule has 25 heavy (non-hydrogen) atoms. The molecule has 2 aromatic carbocycles. The highest BCUT2D eigenvalue weighted by atomic mass is 19.2. The van der Waals surface area contributed by atoms with Gasteiger partial charge < -0.3 is 5.32 Å². The molecule has 0 saturated carbocycles. The van der Waals surface area contributed by atoms with Crippen molar-refractivity contribution in [2.75, 3.05) is 20.1 Å². The van der Waals surface area contributed by atoms with Crippen LogP contribution < -0.4 is 5.32 Å². The van der Waals surface area contributed by atoms with E-state index in [1.807, 2.05) is 25.1 Å². The minimum atomic E-state index is -0.872. The number of hydrogen-bond acceptors (Lipinski definition) is 2. The average Bonchev–Trinajstić information content (AvgIpc) is 2.61. The number of nitrogens with zero attached hydrogens (tertiary/aromatic N) is 1. The third kappa shape index (κ3) is 5.94. The van der Waals surface area contributed by atoms with Crippen LogP contribution in [0.1, 0.15) is 30.5 Å². The van der Waals surface area contributed by atoms with Crippen molar-refractivity contribution in [1.82, 2.24) is 10.2 Å². The fraction of sp³-hybridized carbons (Fsp3) is 0.350. The molecule has 1 atom stereocenters. The van der Waals surface area contributed by atoms with E-state index in [1.165, 1.54) is 17.7 Å². The molecule has 0 radical (unpaired) electrons. The van der Waals surface area contributed by atoms with Crippen LogP contribution >= 0.6 is 0 Å². The first-order valence-corrected chi connectivity index (χ1v) is 8.43. The number of carbonyl (C=O) groups is 1. The van der Waals surface area contributed by atoms with E-state index in [9.17, 15) is 13.6 Å². The topological polar surface area (TPSA) is 32.3 Å². The molecule has 1 unspecified atom stereocenters. The van der Waals surface area contributed by atoms with Crippen LogP contribution in [0.3, 0.4) is 0 Å². The van der Waals surface area contributed by atoms with E-state index in [0.29, 0.717) is 12.1 Å². The number of rotatable bonds is 8. The molecular formula is C20H24F2N2O. The zero-order valence-corrected chi connectivity index (χ0v) is 14.6. The van der Waals surface area contributed by atoms with E-state index in [0.717, 1.165) is 18.9 Å². The standard InChI is InChI=1S/C20H24F2N2O/c1-15(17-10-11-18(21)19(22)13-17)24(2)14-20(25)23-12-6-9-16-7-4-3-5-8-16/h3-5,7-8,10-11,13,15H,6,9,12,14H2,1-2H3,(H,23,25). The third-order valence-electron chi connectivity index (χ3n) is 4.29. The van der Waals surface area contributed by atoms with Crippen molar-refractivity contribution >= 4 is 5.91 Å². The van der Waals surface area contributed by atoms with Crippen molar-refractivity contribution in [3.63, 3.8) is 0 Å². The second-order valence-corrected chi connectivity index (χ2v) is 6.20. The minimum Gasteiger partial charge on any atom is -0.355 e. The van der Waals surface area contributed by atoms with Gasteiger partial charge in [0.05, 0.1) is 6.54 Å². The largest absolute Gasteiger partial charge is 0.355 e. The Morgan fingerprint density at radius 1 is 1.12 bits per heavy atom. The summed E-state index contributed by atoms with van der Waals surface area (Å²) in [7, 11) is 1.79. The molecule has 0 heterocycles. The Morgan fingerprint density at radius 3 is 2.52 bits per heavy atom. The molecule has 2 rings (SSSR count). The number of benzene rings is 2. The van der Waals surface area contributed by atoms with Gasteiger partial charge in [-0.25, -0.2) is 8.78 Å². The van der Waals surface area contributed by atoms with Gasteiger partial charge in [0, 0.05) is 12.6 Å². The highest BCUT2D eigenvalue weighted by molar-refractivity contribution is 5.78. The molecule has 5 heteroatoms. The lowest BCUT2D eigenvalue weighted by Gasteiger charge is -2.24. The van der Waals surface area contributed by atoms with Crippen LogP contribution in [-0.2, 0) is 11.2 Å². The lowest BCUT2D eigenvalue weighted by atomic mass is 10.1. The van der Waals surface area contributed by atoms with Gasteiger partial charge in [-0.3, -0.25) is 9.69 Å². The molecule has 0 spiro atoms. The molecule has 0 saturated heterocycles. The summed E-state index contributed by atoms with van der Waals surface area (Å²) in [5.74, 6) is -1.82. The van der Waals surface area contributed by atoms with Crippen LogP contribution in [-0.4, -0.2) is 30.9 Å². The summed E-state index contributed by atoms with van der Waals surface area (Å²) in [4.78, 5) is 13.8. The number of hydrogen-bond donors (Lipinski definition) is 1. The van der Waals surface area contributed by atoms with Crippen LogP contribution in [0.25, 0.3) is 0 Å². The Balaban J connectivity index is 1.74. The van der Waals surface area contributed by atoms with Crippen LogP contribution in [0.2, 0.25) is 0 Å². The third-order valence-corrected chi connectivity index (χ3v) is 4.29. The normalized spacial score (nSPS) is 12.2. The molecule has 0 aliphatic rings. The Kier molecular flexibility index (Phi) is 7.07. The van der Waals surface area contributed by atoms with E-state index in [1.54, 1.807) is 11.9 Å². The zero-order chi connectivity index (χ0) is 18.2. The molecule has 0 aliphatic carbocycles. The zero-order valence-electron chi connectivity index (χ0n) is 14.6. The quantitative estimate of drug-likeness (QED) is 0.739. The maximum Gasteiger partial charge on any atom is 0.234 e. The monoisotopic (exact) mass is 346 g/mol. The van der Waals surface area contributed by atoms with E-state index in [-0.39, 0.29) is 18.5 Å². The van der Waals surface area contributed by atoms with E-state index >= 15 is 0 Å². The molecule has 1 N–H and O–H groups in total. The first-order chi connectivity index (χ1) is 12.0. The molecule has 0 bridgehead atoms. The Bertz CT molecular complexity index is 691. The summed E-state index contributed by atoms with van der Waals surface area (Å²) < 4.78 is 26.4. The predicted molar refractivity (Wildman–Crippen MR) is 95.2 cm³/mol. The van der Waals surface area contributed by atoms with Crippen LogP contribution in [0.15, 0.2) is 48.5 Å². The first-order valence-electron chi connectivity index (χ1n) is 8.43. The highest BCUT2D eigenvalue weighted by Gasteiger charge is 2.16. The number of likely N-dealkylation sites (N-methyl/N-ethyl adjacent to an activating group) is 1. The summed E-state index contributed by atoms with van der Waals surface area (Å²) in [6.45, 7) is 2.67. The number of halogens is 2. The summed E-state index contributed by atoms with van der Waals surface area (Å²) in [5.41, 5.74) is 1.89.